The molecule has 1 unspecified atom stereocenters. The van der Waals surface area contributed by atoms with Gasteiger partial charge in [-0.1, -0.05) is 31.5 Å². The van der Waals surface area contributed by atoms with Crippen LogP contribution in [0.4, 0.5) is 0 Å². The third-order valence-corrected chi connectivity index (χ3v) is 5.05. The van der Waals surface area contributed by atoms with Crippen LogP contribution < -0.4 is 0 Å². The molecular formula is C17H23ClN2O2S. The Morgan fingerprint density at radius 2 is 2.00 bits per heavy atom. The molecule has 0 spiro atoms. The second-order valence-electron chi connectivity index (χ2n) is 5.63. The second kappa shape index (κ2) is 8.60. The van der Waals surface area contributed by atoms with Crippen molar-refractivity contribution in [2.24, 2.45) is 0 Å². The van der Waals surface area contributed by atoms with Crippen LogP contribution in [0, 0.1) is 0 Å². The lowest BCUT2D eigenvalue weighted by Crippen LogP contribution is -2.49. The number of hydrogen-bond acceptors (Lipinski definition) is 3. The first-order valence-electron chi connectivity index (χ1n) is 8.01. The molecule has 1 saturated heterocycles. The first kappa shape index (κ1) is 18.1. The average molecular weight is 355 g/mol. The number of hydrogen-bond donors (Lipinski definition) is 0. The molecular weight excluding hydrogens is 332 g/mol. The van der Waals surface area contributed by atoms with E-state index in [0.717, 1.165) is 25.9 Å². The van der Waals surface area contributed by atoms with Crippen LogP contribution in [0.5, 0.6) is 0 Å². The zero-order valence-corrected chi connectivity index (χ0v) is 15.2. The molecule has 0 bridgehead atoms. The number of nitrogens with zero attached hydrogens (tertiary/aromatic N) is 2. The van der Waals surface area contributed by atoms with Crippen LogP contribution in [-0.2, 0) is 4.79 Å². The van der Waals surface area contributed by atoms with E-state index in [2.05, 4.69) is 13.8 Å². The summed E-state index contributed by atoms with van der Waals surface area (Å²) >= 11 is 7.60. The number of benzene rings is 1. The van der Waals surface area contributed by atoms with E-state index < -0.39 is 0 Å². The van der Waals surface area contributed by atoms with E-state index in [0.29, 0.717) is 22.2 Å². The minimum atomic E-state index is -0.371. The summed E-state index contributed by atoms with van der Waals surface area (Å²) in [5.74, 6) is 1.15. The van der Waals surface area contributed by atoms with Crippen molar-refractivity contribution in [3.63, 3.8) is 0 Å². The monoisotopic (exact) mass is 354 g/mol. The first-order chi connectivity index (χ1) is 11.1. The minimum Gasteiger partial charge on any atom is -0.341 e. The van der Waals surface area contributed by atoms with E-state index in [1.165, 1.54) is 0 Å². The van der Waals surface area contributed by atoms with Crippen LogP contribution in [0.15, 0.2) is 24.3 Å². The lowest BCUT2D eigenvalue weighted by Gasteiger charge is -2.29. The Morgan fingerprint density at radius 1 is 1.30 bits per heavy atom. The van der Waals surface area contributed by atoms with Gasteiger partial charge in [-0.15, -0.1) is 11.8 Å². The van der Waals surface area contributed by atoms with Crippen LogP contribution in [-0.4, -0.2) is 52.4 Å². The van der Waals surface area contributed by atoms with E-state index >= 15 is 0 Å². The number of thioether (sulfide) groups is 1. The Balaban J connectivity index is 2.15. The highest BCUT2D eigenvalue weighted by atomic mass is 35.5. The fraction of sp³-hybridized carbons (Fsp3) is 0.529. The molecule has 2 amide bonds. The fourth-order valence-electron chi connectivity index (χ4n) is 2.72. The largest absolute Gasteiger partial charge is 0.341 e. The molecule has 0 N–H and O–H groups in total. The SMILES string of the molecule is CCCN(CCC)C(=O)C1CSCN1C(=O)c1cccc(Cl)c1. The maximum atomic E-state index is 12.8. The Bertz CT molecular complexity index is 561. The van der Waals surface area contributed by atoms with Crippen LogP contribution in [0.3, 0.4) is 0 Å². The third kappa shape index (κ3) is 4.42. The van der Waals surface area contributed by atoms with Gasteiger partial charge < -0.3 is 9.80 Å². The van der Waals surface area contributed by atoms with E-state index in [4.69, 9.17) is 11.6 Å². The van der Waals surface area contributed by atoms with Gasteiger partial charge in [-0.2, -0.15) is 0 Å². The number of halogens is 1. The summed E-state index contributed by atoms with van der Waals surface area (Å²) in [4.78, 5) is 29.1. The fourth-order valence-corrected chi connectivity index (χ4v) is 4.05. The number of carbonyl (C=O) groups is 2. The van der Waals surface area contributed by atoms with Crippen molar-refractivity contribution in [1.82, 2.24) is 9.80 Å². The Hall–Kier alpha value is -1.20. The van der Waals surface area contributed by atoms with Crippen molar-refractivity contribution >= 4 is 35.2 Å². The summed E-state index contributed by atoms with van der Waals surface area (Å²) < 4.78 is 0. The Morgan fingerprint density at radius 3 is 2.61 bits per heavy atom. The second-order valence-corrected chi connectivity index (χ2v) is 7.06. The van der Waals surface area contributed by atoms with Gasteiger partial charge in [0.25, 0.3) is 5.91 Å². The summed E-state index contributed by atoms with van der Waals surface area (Å²) in [6.45, 7) is 5.61. The number of amides is 2. The summed E-state index contributed by atoms with van der Waals surface area (Å²) in [7, 11) is 0. The quantitative estimate of drug-likeness (QED) is 0.785. The normalized spacial score (nSPS) is 17.3. The maximum absolute atomic E-state index is 12.8. The molecule has 23 heavy (non-hydrogen) atoms. The van der Waals surface area contributed by atoms with Crippen LogP contribution in [0.2, 0.25) is 5.02 Å². The van der Waals surface area contributed by atoms with Crippen molar-refractivity contribution in [3.8, 4) is 0 Å². The van der Waals surface area contributed by atoms with Gasteiger partial charge in [-0.25, -0.2) is 0 Å². The molecule has 0 aromatic heterocycles. The average Bonchev–Trinajstić information content (AvgIpc) is 3.02. The zero-order valence-electron chi connectivity index (χ0n) is 13.6. The Labute approximate surface area is 147 Å². The summed E-state index contributed by atoms with van der Waals surface area (Å²) in [5, 5.41) is 0.532. The molecule has 1 atom stereocenters. The first-order valence-corrected chi connectivity index (χ1v) is 9.54. The highest BCUT2D eigenvalue weighted by Crippen LogP contribution is 2.25. The highest BCUT2D eigenvalue weighted by Gasteiger charge is 2.37. The van der Waals surface area contributed by atoms with Crippen LogP contribution in [0.25, 0.3) is 0 Å². The molecule has 0 radical (unpaired) electrons. The van der Waals surface area contributed by atoms with Gasteiger partial charge in [0.2, 0.25) is 5.91 Å². The molecule has 2 rings (SSSR count). The highest BCUT2D eigenvalue weighted by molar-refractivity contribution is 7.99. The molecule has 0 aliphatic carbocycles. The van der Waals surface area contributed by atoms with Crippen molar-refractivity contribution < 1.29 is 9.59 Å². The molecule has 1 aliphatic rings. The lowest BCUT2D eigenvalue weighted by molar-refractivity contribution is -0.135. The van der Waals surface area contributed by atoms with Crippen molar-refractivity contribution in [2.75, 3.05) is 24.7 Å². The van der Waals surface area contributed by atoms with Gasteiger partial charge in [0.1, 0.15) is 6.04 Å². The molecule has 1 aliphatic heterocycles. The predicted molar refractivity (Wildman–Crippen MR) is 95.9 cm³/mol. The van der Waals surface area contributed by atoms with Crippen LogP contribution in [0.1, 0.15) is 37.0 Å². The van der Waals surface area contributed by atoms with Crippen LogP contribution >= 0.6 is 23.4 Å². The standard InChI is InChI=1S/C17H23ClN2O2S/c1-3-8-19(9-4-2)17(22)15-11-23-12-20(15)16(21)13-6-5-7-14(18)10-13/h5-7,10,15H,3-4,8-9,11-12H2,1-2H3. The summed E-state index contributed by atoms with van der Waals surface area (Å²) in [6.07, 6.45) is 1.85. The lowest BCUT2D eigenvalue weighted by atomic mass is 10.1. The van der Waals surface area contributed by atoms with E-state index in [1.54, 1.807) is 40.9 Å². The molecule has 1 aromatic carbocycles. The van der Waals surface area contributed by atoms with Crippen molar-refractivity contribution in [1.29, 1.82) is 0 Å². The molecule has 4 nitrogen and oxygen atoms in total. The molecule has 0 saturated carbocycles. The minimum absolute atomic E-state index is 0.0640. The van der Waals surface area contributed by atoms with Gasteiger partial charge in [-0.3, -0.25) is 9.59 Å². The summed E-state index contributed by atoms with van der Waals surface area (Å²) in [6, 6.07) is 6.53. The zero-order chi connectivity index (χ0) is 16.8. The molecule has 1 fully saturated rings. The molecule has 1 aromatic rings. The molecule has 1 heterocycles. The maximum Gasteiger partial charge on any atom is 0.255 e. The van der Waals surface area contributed by atoms with Crippen molar-refractivity contribution in [3.05, 3.63) is 34.9 Å². The van der Waals surface area contributed by atoms with E-state index in [1.807, 2.05) is 4.90 Å². The van der Waals surface area contributed by atoms with E-state index in [-0.39, 0.29) is 17.9 Å². The van der Waals surface area contributed by atoms with Gasteiger partial charge in [0, 0.05) is 29.4 Å². The van der Waals surface area contributed by atoms with E-state index in [9.17, 15) is 9.59 Å². The van der Waals surface area contributed by atoms with Gasteiger partial charge in [0.15, 0.2) is 0 Å². The third-order valence-electron chi connectivity index (χ3n) is 3.80. The van der Waals surface area contributed by atoms with Gasteiger partial charge in [-0.05, 0) is 31.0 Å². The van der Waals surface area contributed by atoms with Crippen molar-refractivity contribution in [2.45, 2.75) is 32.7 Å². The number of carbonyl (C=O) groups excluding carboxylic acids is 2. The Kier molecular flexibility index (Phi) is 6.78. The smallest absolute Gasteiger partial charge is 0.255 e. The molecule has 126 valence electrons. The van der Waals surface area contributed by atoms with Gasteiger partial charge >= 0.3 is 0 Å². The number of rotatable bonds is 6. The van der Waals surface area contributed by atoms with Gasteiger partial charge in [0.05, 0.1) is 5.88 Å². The topological polar surface area (TPSA) is 40.6 Å². The molecule has 6 heteroatoms. The predicted octanol–water partition coefficient (Wildman–Crippen LogP) is 3.50. The summed E-state index contributed by atoms with van der Waals surface area (Å²) in [5.41, 5.74) is 0.537.